The number of rotatable bonds is 3. The van der Waals surface area contributed by atoms with Gasteiger partial charge in [-0.1, -0.05) is 11.6 Å². The molecule has 1 aliphatic heterocycles. The van der Waals surface area contributed by atoms with E-state index in [1.807, 2.05) is 0 Å². The third-order valence-corrected chi connectivity index (χ3v) is 3.64. The highest BCUT2D eigenvalue weighted by Gasteiger charge is 2.31. The molecule has 1 aromatic rings. The van der Waals surface area contributed by atoms with E-state index >= 15 is 0 Å². The molecule has 0 saturated carbocycles. The van der Waals surface area contributed by atoms with Crippen molar-refractivity contribution in [1.82, 2.24) is 9.88 Å². The summed E-state index contributed by atoms with van der Waals surface area (Å²) in [6.07, 6.45) is 3.70. The number of amides is 1. The van der Waals surface area contributed by atoms with Crippen molar-refractivity contribution in [3.8, 4) is 0 Å². The van der Waals surface area contributed by atoms with Crippen LogP contribution in [0.2, 0.25) is 5.15 Å². The molecule has 0 spiro atoms. The maximum atomic E-state index is 12.5. The van der Waals surface area contributed by atoms with Gasteiger partial charge in [-0.05, 0) is 25.3 Å². The Morgan fingerprint density at radius 1 is 1.60 bits per heavy atom. The standard InChI is InChI=1S/C12H15ClN4O3/c13-11-5-9(10(7-15-11)17(19)20)12(18)16-4-2-1-3-8(16)6-14/h5,7-8H,1-4,6,14H2. The van der Waals surface area contributed by atoms with Gasteiger partial charge in [-0.25, -0.2) is 4.98 Å². The Morgan fingerprint density at radius 3 is 3.00 bits per heavy atom. The average molecular weight is 299 g/mol. The Kier molecular flexibility index (Phi) is 4.51. The zero-order chi connectivity index (χ0) is 14.7. The molecule has 8 heteroatoms. The quantitative estimate of drug-likeness (QED) is 0.518. The summed E-state index contributed by atoms with van der Waals surface area (Å²) in [5.74, 6) is -0.406. The monoisotopic (exact) mass is 298 g/mol. The van der Waals surface area contributed by atoms with Gasteiger partial charge in [0, 0.05) is 19.1 Å². The van der Waals surface area contributed by atoms with Crippen LogP contribution in [0.3, 0.4) is 0 Å². The molecule has 1 aliphatic rings. The fourth-order valence-electron chi connectivity index (χ4n) is 2.41. The van der Waals surface area contributed by atoms with Crippen LogP contribution in [0, 0.1) is 10.1 Å². The summed E-state index contributed by atoms with van der Waals surface area (Å²) in [5, 5.41) is 11.1. The molecule has 20 heavy (non-hydrogen) atoms. The first kappa shape index (κ1) is 14.7. The molecule has 1 saturated heterocycles. The molecule has 108 valence electrons. The van der Waals surface area contributed by atoms with Crippen LogP contribution in [0.1, 0.15) is 29.6 Å². The van der Waals surface area contributed by atoms with Crippen LogP contribution >= 0.6 is 11.6 Å². The van der Waals surface area contributed by atoms with Crippen molar-refractivity contribution in [3.63, 3.8) is 0 Å². The van der Waals surface area contributed by atoms with Gasteiger partial charge in [0.05, 0.1) is 4.92 Å². The van der Waals surface area contributed by atoms with E-state index < -0.39 is 10.8 Å². The lowest BCUT2D eigenvalue weighted by Gasteiger charge is -2.34. The number of aromatic nitrogens is 1. The molecule has 0 aliphatic carbocycles. The van der Waals surface area contributed by atoms with Crippen molar-refractivity contribution >= 4 is 23.2 Å². The van der Waals surface area contributed by atoms with E-state index in [1.165, 1.54) is 6.07 Å². The summed E-state index contributed by atoms with van der Waals surface area (Å²) in [6, 6.07) is 1.16. The van der Waals surface area contributed by atoms with E-state index in [4.69, 9.17) is 17.3 Å². The van der Waals surface area contributed by atoms with Gasteiger partial charge in [0.1, 0.15) is 16.9 Å². The van der Waals surface area contributed by atoms with Crippen molar-refractivity contribution < 1.29 is 9.72 Å². The SMILES string of the molecule is NCC1CCCCN1C(=O)c1cc(Cl)ncc1[N+](=O)[O-]. The summed E-state index contributed by atoms with van der Waals surface area (Å²) in [6.45, 7) is 0.899. The molecule has 0 aromatic carbocycles. The molecule has 1 aromatic heterocycles. The maximum absolute atomic E-state index is 12.5. The molecule has 0 bridgehead atoms. The third-order valence-electron chi connectivity index (χ3n) is 3.44. The maximum Gasteiger partial charge on any atom is 0.300 e. The van der Waals surface area contributed by atoms with Gasteiger partial charge in [-0.3, -0.25) is 14.9 Å². The number of pyridine rings is 1. The Bertz CT molecular complexity index is 537. The normalized spacial score (nSPS) is 18.9. The Hall–Kier alpha value is -1.73. The summed E-state index contributed by atoms with van der Waals surface area (Å²) in [5.41, 5.74) is 5.31. The smallest absolute Gasteiger partial charge is 0.300 e. The molecule has 1 unspecified atom stereocenters. The zero-order valence-electron chi connectivity index (χ0n) is 10.8. The van der Waals surface area contributed by atoms with Gasteiger partial charge >= 0.3 is 0 Å². The number of halogens is 1. The fourth-order valence-corrected chi connectivity index (χ4v) is 2.57. The second-order valence-electron chi connectivity index (χ2n) is 4.67. The number of carbonyl (C=O) groups is 1. The van der Waals surface area contributed by atoms with E-state index in [9.17, 15) is 14.9 Å². The number of hydrogen-bond acceptors (Lipinski definition) is 5. The highest BCUT2D eigenvalue weighted by atomic mass is 35.5. The number of nitrogens with two attached hydrogens (primary N) is 1. The lowest BCUT2D eigenvalue weighted by Crippen LogP contribution is -2.47. The first-order valence-corrected chi connectivity index (χ1v) is 6.73. The van der Waals surface area contributed by atoms with E-state index in [-0.39, 0.29) is 22.4 Å². The predicted octanol–water partition coefficient (Wildman–Crippen LogP) is 1.60. The second-order valence-corrected chi connectivity index (χ2v) is 5.05. The van der Waals surface area contributed by atoms with Gasteiger partial charge in [-0.2, -0.15) is 0 Å². The summed E-state index contributed by atoms with van der Waals surface area (Å²) < 4.78 is 0. The Morgan fingerprint density at radius 2 is 2.35 bits per heavy atom. The zero-order valence-corrected chi connectivity index (χ0v) is 11.5. The van der Waals surface area contributed by atoms with E-state index in [0.717, 1.165) is 25.5 Å². The minimum Gasteiger partial charge on any atom is -0.334 e. The largest absolute Gasteiger partial charge is 0.334 e. The molecule has 1 amide bonds. The van der Waals surface area contributed by atoms with Crippen LogP contribution in [0.4, 0.5) is 5.69 Å². The molecule has 1 fully saturated rings. The minimum atomic E-state index is -0.627. The number of nitrogens with zero attached hydrogens (tertiary/aromatic N) is 3. The average Bonchev–Trinajstić information content (AvgIpc) is 2.46. The van der Waals surface area contributed by atoms with Crippen LogP contribution in [-0.4, -0.2) is 39.8 Å². The lowest BCUT2D eigenvalue weighted by molar-refractivity contribution is -0.385. The van der Waals surface area contributed by atoms with Crippen molar-refractivity contribution in [2.24, 2.45) is 5.73 Å². The summed E-state index contributed by atoms with van der Waals surface area (Å²) in [7, 11) is 0. The molecular weight excluding hydrogens is 284 g/mol. The fraction of sp³-hybridized carbons (Fsp3) is 0.500. The summed E-state index contributed by atoms with van der Waals surface area (Å²) >= 11 is 5.75. The third kappa shape index (κ3) is 2.88. The van der Waals surface area contributed by atoms with E-state index in [2.05, 4.69) is 4.98 Å². The number of hydrogen-bond donors (Lipinski definition) is 1. The number of likely N-dealkylation sites (tertiary alicyclic amines) is 1. The van der Waals surface area contributed by atoms with Crippen LogP contribution in [0.5, 0.6) is 0 Å². The number of nitro groups is 1. The van der Waals surface area contributed by atoms with E-state index in [1.54, 1.807) is 4.90 Å². The van der Waals surface area contributed by atoms with E-state index in [0.29, 0.717) is 13.1 Å². The van der Waals surface area contributed by atoms with Crippen molar-refractivity contribution in [3.05, 3.63) is 33.1 Å². The summed E-state index contributed by atoms with van der Waals surface area (Å²) in [4.78, 5) is 28.2. The van der Waals surface area contributed by atoms with Crippen LogP contribution < -0.4 is 5.73 Å². The van der Waals surface area contributed by atoms with Crippen molar-refractivity contribution in [2.45, 2.75) is 25.3 Å². The first-order chi connectivity index (χ1) is 9.54. The molecule has 7 nitrogen and oxygen atoms in total. The van der Waals surface area contributed by atoms with Crippen LogP contribution in [0.15, 0.2) is 12.3 Å². The Labute approximate surface area is 120 Å². The van der Waals surface area contributed by atoms with Crippen molar-refractivity contribution in [1.29, 1.82) is 0 Å². The number of piperidine rings is 1. The molecule has 2 rings (SSSR count). The topological polar surface area (TPSA) is 102 Å². The lowest BCUT2D eigenvalue weighted by atomic mass is 10.0. The second kappa shape index (κ2) is 6.15. The molecule has 1 atom stereocenters. The van der Waals surface area contributed by atoms with Crippen LogP contribution in [-0.2, 0) is 0 Å². The highest BCUT2D eigenvalue weighted by Crippen LogP contribution is 2.25. The number of carbonyl (C=O) groups excluding carboxylic acids is 1. The molecule has 2 N–H and O–H groups in total. The van der Waals surface area contributed by atoms with Crippen molar-refractivity contribution in [2.75, 3.05) is 13.1 Å². The van der Waals surface area contributed by atoms with Gasteiger partial charge in [-0.15, -0.1) is 0 Å². The van der Waals surface area contributed by atoms with Gasteiger partial charge in [0.15, 0.2) is 0 Å². The van der Waals surface area contributed by atoms with Crippen LogP contribution in [0.25, 0.3) is 0 Å². The first-order valence-electron chi connectivity index (χ1n) is 6.35. The predicted molar refractivity (Wildman–Crippen MR) is 73.6 cm³/mol. The highest BCUT2D eigenvalue weighted by molar-refractivity contribution is 6.29. The van der Waals surface area contributed by atoms with Gasteiger partial charge < -0.3 is 10.6 Å². The molecule has 0 radical (unpaired) electrons. The Balaban J connectivity index is 2.36. The molecule has 2 heterocycles. The minimum absolute atomic E-state index is 0.0321. The van der Waals surface area contributed by atoms with Gasteiger partial charge in [0.25, 0.3) is 11.6 Å². The molecular formula is C12H15ClN4O3. The van der Waals surface area contributed by atoms with Gasteiger partial charge in [0.2, 0.25) is 0 Å².